The van der Waals surface area contributed by atoms with E-state index < -0.39 is 0 Å². The minimum Gasteiger partial charge on any atom is -0.299 e. The number of ketones is 1. The molecule has 0 aromatic heterocycles. The lowest BCUT2D eigenvalue weighted by Crippen LogP contribution is -2.13. The van der Waals surface area contributed by atoms with Crippen LogP contribution in [0, 0.1) is 5.92 Å². The van der Waals surface area contributed by atoms with E-state index in [1.165, 1.54) is 0 Å². The number of hydrogen-bond acceptors (Lipinski definition) is 2. The van der Waals surface area contributed by atoms with Crippen LogP contribution < -0.4 is 0 Å². The van der Waals surface area contributed by atoms with Crippen molar-refractivity contribution in [2.45, 2.75) is 33.1 Å². The van der Waals surface area contributed by atoms with Gasteiger partial charge in [0.2, 0.25) is 0 Å². The predicted octanol–water partition coefficient (Wildman–Crippen LogP) is 2.74. The molecule has 0 radical (unpaired) electrons. The maximum Gasteiger partial charge on any atom is 0.136 e. The van der Waals surface area contributed by atoms with Gasteiger partial charge in [-0.15, -0.1) is 0 Å². The van der Waals surface area contributed by atoms with Crippen LogP contribution in [0.4, 0.5) is 0 Å². The summed E-state index contributed by atoms with van der Waals surface area (Å²) in [5, 5.41) is 0. The van der Waals surface area contributed by atoms with Gasteiger partial charge in [0.25, 0.3) is 0 Å². The average molecular weight is 174 g/mol. The average Bonchev–Trinajstić information content (AvgIpc) is 2.03. The van der Waals surface area contributed by atoms with Gasteiger partial charge in [-0.1, -0.05) is 13.8 Å². The molecule has 0 aliphatic rings. The Kier molecular flexibility index (Phi) is 6.73. The van der Waals surface area contributed by atoms with Crippen LogP contribution in [0.3, 0.4) is 0 Å². The molecule has 0 unspecified atom stereocenters. The second-order valence-corrected chi connectivity index (χ2v) is 3.71. The van der Waals surface area contributed by atoms with E-state index in [2.05, 4.69) is 13.8 Å². The molecule has 0 spiro atoms. The highest BCUT2D eigenvalue weighted by Gasteiger charge is 2.12. The van der Waals surface area contributed by atoms with Gasteiger partial charge in [-0.05, 0) is 24.9 Å². The Morgan fingerprint density at radius 3 is 2.27 bits per heavy atom. The van der Waals surface area contributed by atoms with E-state index >= 15 is 0 Å². The van der Waals surface area contributed by atoms with E-state index in [-0.39, 0.29) is 0 Å². The molecule has 0 rings (SSSR count). The molecule has 0 amide bonds. The maximum absolute atomic E-state index is 11.4. The van der Waals surface area contributed by atoms with Crippen LogP contribution in [-0.2, 0) is 4.79 Å². The van der Waals surface area contributed by atoms with E-state index in [0.717, 1.165) is 25.0 Å². The summed E-state index contributed by atoms with van der Waals surface area (Å²) in [5.41, 5.74) is 0. The van der Waals surface area contributed by atoms with E-state index in [1.807, 2.05) is 6.26 Å². The monoisotopic (exact) mass is 174 g/mol. The summed E-state index contributed by atoms with van der Waals surface area (Å²) in [5.74, 6) is 1.75. The summed E-state index contributed by atoms with van der Waals surface area (Å²) in [6.45, 7) is 4.18. The van der Waals surface area contributed by atoms with Gasteiger partial charge in [0, 0.05) is 12.3 Å². The van der Waals surface area contributed by atoms with Crippen LogP contribution in [-0.4, -0.2) is 17.8 Å². The molecule has 0 heterocycles. The molecule has 11 heavy (non-hydrogen) atoms. The second kappa shape index (κ2) is 6.71. The molecule has 2 heteroatoms. The predicted molar refractivity (Wildman–Crippen MR) is 52.1 cm³/mol. The molecule has 0 aliphatic heterocycles. The maximum atomic E-state index is 11.4. The zero-order valence-electron chi connectivity index (χ0n) is 7.72. The summed E-state index contributed by atoms with van der Waals surface area (Å²) in [6, 6.07) is 0. The van der Waals surface area contributed by atoms with Crippen LogP contribution in [0.15, 0.2) is 0 Å². The summed E-state index contributed by atoms with van der Waals surface area (Å²) in [6.07, 6.45) is 4.81. The van der Waals surface area contributed by atoms with Gasteiger partial charge in [0.05, 0.1) is 0 Å². The van der Waals surface area contributed by atoms with Crippen LogP contribution in [0.2, 0.25) is 0 Å². The van der Waals surface area contributed by atoms with E-state index in [4.69, 9.17) is 0 Å². The third kappa shape index (κ3) is 4.46. The van der Waals surface area contributed by atoms with E-state index in [9.17, 15) is 4.79 Å². The Morgan fingerprint density at radius 1 is 1.36 bits per heavy atom. The van der Waals surface area contributed by atoms with Crippen molar-refractivity contribution in [1.29, 1.82) is 0 Å². The lowest BCUT2D eigenvalue weighted by atomic mass is 9.97. The topological polar surface area (TPSA) is 17.1 Å². The zero-order valence-corrected chi connectivity index (χ0v) is 8.54. The fourth-order valence-corrected chi connectivity index (χ4v) is 1.56. The Balaban J connectivity index is 3.61. The van der Waals surface area contributed by atoms with Gasteiger partial charge >= 0.3 is 0 Å². The fraction of sp³-hybridized carbons (Fsp3) is 0.889. The first-order valence-corrected chi connectivity index (χ1v) is 5.67. The molecule has 0 atom stereocenters. The Morgan fingerprint density at radius 2 is 1.91 bits per heavy atom. The minimum atomic E-state index is 0.321. The quantitative estimate of drug-likeness (QED) is 0.616. The molecule has 66 valence electrons. The molecule has 0 aliphatic carbocycles. The minimum absolute atomic E-state index is 0.321. The van der Waals surface area contributed by atoms with Crippen molar-refractivity contribution in [1.82, 2.24) is 0 Å². The Bertz CT molecular complexity index is 108. The molecule has 1 nitrogen and oxygen atoms in total. The highest BCUT2D eigenvalue weighted by molar-refractivity contribution is 7.98. The third-order valence-electron chi connectivity index (χ3n) is 1.99. The number of carbonyl (C=O) groups excluding carboxylic acids is 1. The van der Waals surface area contributed by atoms with Crippen LogP contribution in [0.5, 0.6) is 0 Å². The highest BCUT2D eigenvalue weighted by atomic mass is 32.2. The molecule has 0 N–H and O–H groups in total. The first kappa shape index (κ1) is 11.0. The standard InChI is InChI=1S/C9H18OS/c1-4-8(5-2)9(10)6-7-11-3/h8H,4-7H2,1-3H3. The smallest absolute Gasteiger partial charge is 0.136 e. The number of carbonyl (C=O) groups is 1. The van der Waals surface area contributed by atoms with Gasteiger partial charge in [0.1, 0.15) is 5.78 Å². The van der Waals surface area contributed by atoms with E-state index in [1.54, 1.807) is 11.8 Å². The van der Waals surface area contributed by atoms with Crippen molar-refractivity contribution >= 4 is 17.5 Å². The largest absolute Gasteiger partial charge is 0.299 e. The normalized spacial score (nSPS) is 10.5. The number of hydrogen-bond donors (Lipinski definition) is 0. The van der Waals surface area contributed by atoms with Crippen molar-refractivity contribution < 1.29 is 4.79 Å². The SMILES string of the molecule is CCC(CC)C(=O)CCSC. The number of rotatable bonds is 6. The summed E-state index contributed by atoms with van der Waals surface area (Å²) < 4.78 is 0. The zero-order chi connectivity index (χ0) is 8.69. The van der Waals surface area contributed by atoms with Gasteiger partial charge in [-0.2, -0.15) is 11.8 Å². The highest BCUT2D eigenvalue weighted by Crippen LogP contribution is 2.12. The molecular weight excluding hydrogens is 156 g/mol. The van der Waals surface area contributed by atoms with Crippen molar-refractivity contribution in [3.8, 4) is 0 Å². The van der Waals surface area contributed by atoms with Crippen molar-refractivity contribution in [3.05, 3.63) is 0 Å². The van der Waals surface area contributed by atoms with Crippen molar-refractivity contribution in [3.63, 3.8) is 0 Å². The van der Waals surface area contributed by atoms with Crippen LogP contribution >= 0.6 is 11.8 Å². The Hall–Kier alpha value is 0.0200. The molecule has 0 saturated heterocycles. The summed E-state index contributed by atoms with van der Waals surface area (Å²) in [4.78, 5) is 11.4. The second-order valence-electron chi connectivity index (χ2n) is 2.72. The number of Topliss-reactive ketones (excluding diaryl/α,β-unsaturated/α-hetero) is 1. The first-order valence-electron chi connectivity index (χ1n) is 4.27. The lowest BCUT2D eigenvalue weighted by Gasteiger charge is -2.09. The van der Waals surface area contributed by atoms with Gasteiger partial charge in [0.15, 0.2) is 0 Å². The molecule has 0 fully saturated rings. The third-order valence-corrected chi connectivity index (χ3v) is 2.61. The number of thioether (sulfide) groups is 1. The van der Waals surface area contributed by atoms with Crippen molar-refractivity contribution in [2.24, 2.45) is 5.92 Å². The molecular formula is C9H18OS. The van der Waals surface area contributed by atoms with Crippen molar-refractivity contribution in [2.75, 3.05) is 12.0 Å². The van der Waals surface area contributed by atoms with E-state index in [0.29, 0.717) is 11.7 Å². The molecule has 0 aromatic carbocycles. The molecule has 0 bridgehead atoms. The van der Waals surface area contributed by atoms with Crippen LogP contribution in [0.25, 0.3) is 0 Å². The molecule has 0 aromatic rings. The van der Waals surface area contributed by atoms with Gasteiger partial charge in [-0.3, -0.25) is 4.79 Å². The van der Waals surface area contributed by atoms with Gasteiger partial charge in [-0.25, -0.2) is 0 Å². The van der Waals surface area contributed by atoms with Crippen LogP contribution in [0.1, 0.15) is 33.1 Å². The fourth-order valence-electron chi connectivity index (χ4n) is 1.15. The summed E-state index contributed by atoms with van der Waals surface area (Å²) >= 11 is 1.75. The summed E-state index contributed by atoms with van der Waals surface area (Å²) in [7, 11) is 0. The first-order chi connectivity index (χ1) is 5.26. The van der Waals surface area contributed by atoms with Gasteiger partial charge < -0.3 is 0 Å². The lowest BCUT2D eigenvalue weighted by molar-refractivity contribution is -0.122. The Labute approximate surface area is 73.9 Å². The molecule has 0 saturated carbocycles.